The number of aromatic amines is 1. The molecule has 3 heterocycles. The molecule has 0 saturated carbocycles. The molecule has 2 amide bonds. The van der Waals surface area contributed by atoms with E-state index in [0.29, 0.717) is 54.6 Å². The van der Waals surface area contributed by atoms with Gasteiger partial charge in [0.05, 0.1) is 19.9 Å². The third kappa shape index (κ3) is 4.45. The van der Waals surface area contributed by atoms with Gasteiger partial charge in [-0.3, -0.25) is 9.59 Å². The van der Waals surface area contributed by atoms with Gasteiger partial charge in [0.15, 0.2) is 11.5 Å². The van der Waals surface area contributed by atoms with E-state index in [0.717, 1.165) is 11.1 Å². The van der Waals surface area contributed by atoms with Crippen LogP contribution in [0.2, 0.25) is 0 Å². The fourth-order valence-corrected chi connectivity index (χ4v) is 3.88. The second kappa shape index (κ2) is 9.19. The molecule has 0 aliphatic carbocycles. The number of rotatable bonds is 5. The van der Waals surface area contributed by atoms with Crippen LogP contribution in [0.1, 0.15) is 17.4 Å². The van der Waals surface area contributed by atoms with Crippen LogP contribution < -0.4 is 15.2 Å². The van der Waals surface area contributed by atoms with Crippen molar-refractivity contribution in [2.45, 2.75) is 6.92 Å². The number of carbonyl (C=O) groups excluding carboxylic acids is 2. The highest BCUT2D eigenvalue weighted by atomic mass is 16.5. The number of nitrogens with one attached hydrogen (secondary N) is 1. The molecule has 0 unspecified atom stereocenters. The summed E-state index contributed by atoms with van der Waals surface area (Å²) in [6.07, 6.45) is 3.37. The fraction of sp³-hybridized carbons (Fsp3) is 0.304. The van der Waals surface area contributed by atoms with Crippen molar-refractivity contribution in [1.29, 1.82) is 0 Å². The summed E-state index contributed by atoms with van der Waals surface area (Å²) in [5.41, 5.74) is 9.17. The van der Waals surface area contributed by atoms with Crippen molar-refractivity contribution >= 4 is 17.8 Å². The summed E-state index contributed by atoms with van der Waals surface area (Å²) in [5.74, 6) is 1.21. The van der Waals surface area contributed by atoms with Crippen LogP contribution in [0.4, 0.5) is 5.95 Å². The molecular formula is C23H26N6O4. The van der Waals surface area contributed by atoms with Crippen LogP contribution in [0, 0.1) is 0 Å². The number of H-pyrrole nitrogens is 1. The van der Waals surface area contributed by atoms with Crippen LogP contribution in [0.15, 0.2) is 36.7 Å². The van der Waals surface area contributed by atoms with Crippen molar-refractivity contribution in [1.82, 2.24) is 24.8 Å². The Balaban J connectivity index is 1.63. The number of anilines is 1. The molecule has 0 atom stereocenters. The van der Waals surface area contributed by atoms with Crippen LogP contribution in [-0.4, -0.2) is 77.0 Å². The summed E-state index contributed by atoms with van der Waals surface area (Å²) in [4.78, 5) is 39.7. The lowest BCUT2D eigenvalue weighted by Crippen LogP contribution is -2.50. The standard InChI is InChI=1S/C23H26N6O4/c1-14(30)28-6-8-29(9-7-28)22(31)18-10-16(12-25-18)21-17(13-26-23(24)27-21)15-4-5-19(32-2)20(11-15)33-3/h4-5,10-13,25H,6-9H2,1-3H3,(H2,24,26,27). The second-order valence-electron chi connectivity index (χ2n) is 7.66. The van der Waals surface area contributed by atoms with E-state index in [1.54, 1.807) is 48.5 Å². The molecule has 4 rings (SSSR count). The maximum Gasteiger partial charge on any atom is 0.270 e. The quantitative estimate of drug-likeness (QED) is 0.609. The summed E-state index contributed by atoms with van der Waals surface area (Å²) in [7, 11) is 3.15. The zero-order chi connectivity index (χ0) is 23.5. The van der Waals surface area contributed by atoms with E-state index >= 15 is 0 Å². The zero-order valence-corrected chi connectivity index (χ0v) is 18.8. The highest BCUT2D eigenvalue weighted by Gasteiger charge is 2.25. The van der Waals surface area contributed by atoms with Gasteiger partial charge in [-0.1, -0.05) is 6.07 Å². The minimum atomic E-state index is -0.126. The molecule has 1 saturated heterocycles. The number of nitrogens with zero attached hydrogens (tertiary/aromatic N) is 4. The molecule has 10 nitrogen and oxygen atoms in total. The first-order valence-electron chi connectivity index (χ1n) is 10.5. The van der Waals surface area contributed by atoms with Crippen LogP contribution >= 0.6 is 0 Å². The first-order chi connectivity index (χ1) is 15.9. The van der Waals surface area contributed by atoms with Crippen molar-refractivity contribution in [3.8, 4) is 33.9 Å². The Morgan fingerprint density at radius 2 is 1.70 bits per heavy atom. The van der Waals surface area contributed by atoms with Gasteiger partial charge in [-0.2, -0.15) is 0 Å². The third-order valence-electron chi connectivity index (χ3n) is 5.70. The highest BCUT2D eigenvalue weighted by Crippen LogP contribution is 2.36. The normalized spacial score (nSPS) is 13.7. The monoisotopic (exact) mass is 450 g/mol. The van der Waals surface area contributed by atoms with Gasteiger partial charge >= 0.3 is 0 Å². The molecule has 172 valence electrons. The van der Waals surface area contributed by atoms with Crippen molar-refractivity contribution in [3.63, 3.8) is 0 Å². The van der Waals surface area contributed by atoms with E-state index in [4.69, 9.17) is 15.2 Å². The van der Waals surface area contributed by atoms with E-state index < -0.39 is 0 Å². The molecule has 33 heavy (non-hydrogen) atoms. The van der Waals surface area contributed by atoms with Crippen LogP contribution in [-0.2, 0) is 4.79 Å². The molecule has 0 spiro atoms. The number of piperazine rings is 1. The molecule has 3 aromatic rings. The molecule has 2 aromatic heterocycles. The minimum Gasteiger partial charge on any atom is -0.493 e. The van der Waals surface area contributed by atoms with Gasteiger partial charge in [0.25, 0.3) is 5.91 Å². The van der Waals surface area contributed by atoms with Crippen molar-refractivity contribution in [3.05, 3.63) is 42.4 Å². The number of amides is 2. The fourth-order valence-electron chi connectivity index (χ4n) is 3.88. The van der Waals surface area contributed by atoms with Crippen molar-refractivity contribution in [2.75, 3.05) is 46.1 Å². The summed E-state index contributed by atoms with van der Waals surface area (Å²) < 4.78 is 10.7. The van der Waals surface area contributed by atoms with Gasteiger partial charge in [-0.25, -0.2) is 9.97 Å². The number of aromatic nitrogens is 3. The van der Waals surface area contributed by atoms with E-state index in [2.05, 4.69) is 15.0 Å². The van der Waals surface area contributed by atoms with E-state index in [1.807, 2.05) is 12.1 Å². The van der Waals surface area contributed by atoms with E-state index in [-0.39, 0.29) is 17.8 Å². The Kier molecular flexibility index (Phi) is 6.16. The van der Waals surface area contributed by atoms with Gasteiger partial charge < -0.3 is 30.0 Å². The van der Waals surface area contributed by atoms with Gasteiger partial charge in [-0.05, 0) is 23.8 Å². The average molecular weight is 450 g/mol. The molecule has 10 heteroatoms. The Hall–Kier alpha value is -4.08. The molecule has 1 fully saturated rings. The third-order valence-corrected chi connectivity index (χ3v) is 5.70. The zero-order valence-electron chi connectivity index (χ0n) is 18.8. The number of hydrogen-bond acceptors (Lipinski definition) is 7. The van der Waals surface area contributed by atoms with Crippen molar-refractivity contribution < 1.29 is 19.1 Å². The van der Waals surface area contributed by atoms with Crippen LogP contribution in [0.25, 0.3) is 22.4 Å². The average Bonchev–Trinajstić information content (AvgIpc) is 3.33. The Morgan fingerprint density at radius 3 is 2.36 bits per heavy atom. The molecular weight excluding hydrogens is 424 g/mol. The number of ether oxygens (including phenoxy) is 2. The predicted molar refractivity (Wildman–Crippen MR) is 123 cm³/mol. The lowest BCUT2D eigenvalue weighted by Gasteiger charge is -2.33. The topological polar surface area (TPSA) is 127 Å². The van der Waals surface area contributed by atoms with Gasteiger partial charge in [0.2, 0.25) is 11.9 Å². The summed E-state index contributed by atoms with van der Waals surface area (Å²) in [6.45, 7) is 3.58. The maximum absolute atomic E-state index is 13.0. The largest absolute Gasteiger partial charge is 0.493 e. The predicted octanol–water partition coefficient (Wildman–Crippen LogP) is 2.04. The number of hydrogen-bond donors (Lipinski definition) is 2. The van der Waals surface area contributed by atoms with Gasteiger partial charge in [0, 0.05) is 56.6 Å². The first-order valence-corrected chi connectivity index (χ1v) is 10.5. The van der Waals surface area contributed by atoms with E-state index in [9.17, 15) is 9.59 Å². The van der Waals surface area contributed by atoms with Crippen molar-refractivity contribution in [2.24, 2.45) is 0 Å². The molecule has 1 aromatic carbocycles. The lowest BCUT2D eigenvalue weighted by atomic mass is 10.0. The molecule has 0 radical (unpaired) electrons. The summed E-state index contributed by atoms with van der Waals surface area (Å²) >= 11 is 0. The minimum absolute atomic E-state index is 0.0216. The molecule has 1 aliphatic heterocycles. The summed E-state index contributed by atoms with van der Waals surface area (Å²) in [6, 6.07) is 7.28. The molecule has 3 N–H and O–H groups in total. The number of nitrogen functional groups attached to an aromatic ring is 1. The second-order valence-corrected chi connectivity index (χ2v) is 7.66. The maximum atomic E-state index is 13.0. The lowest BCUT2D eigenvalue weighted by molar-refractivity contribution is -0.130. The highest BCUT2D eigenvalue weighted by molar-refractivity contribution is 5.95. The summed E-state index contributed by atoms with van der Waals surface area (Å²) in [5, 5.41) is 0. The Bertz CT molecular complexity index is 1180. The molecule has 0 bridgehead atoms. The number of methoxy groups -OCH3 is 2. The van der Waals surface area contributed by atoms with Crippen LogP contribution in [0.3, 0.4) is 0 Å². The Labute approximate surface area is 191 Å². The Morgan fingerprint density at radius 1 is 1.00 bits per heavy atom. The molecule has 1 aliphatic rings. The van der Waals surface area contributed by atoms with Gasteiger partial charge in [0.1, 0.15) is 5.69 Å². The number of nitrogens with two attached hydrogens (primary N) is 1. The SMILES string of the molecule is COc1ccc(-c2cnc(N)nc2-c2c[nH]c(C(=O)N3CCN(C(C)=O)CC3)c2)cc1OC. The van der Waals surface area contributed by atoms with Crippen LogP contribution in [0.5, 0.6) is 11.5 Å². The number of benzene rings is 1. The number of carbonyl (C=O) groups is 2. The van der Waals surface area contributed by atoms with Gasteiger partial charge in [-0.15, -0.1) is 0 Å². The first kappa shape index (κ1) is 22.1. The van der Waals surface area contributed by atoms with E-state index in [1.165, 1.54) is 6.92 Å². The smallest absolute Gasteiger partial charge is 0.270 e.